The van der Waals surface area contributed by atoms with E-state index in [9.17, 15) is 4.79 Å². The number of nitrogens with two attached hydrogens (primary N) is 1. The Morgan fingerprint density at radius 3 is 3.00 bits per heavy atom. The van der Waals surface area contributed by atoms with Gasteiger partial charge in [-0.05, 0) is 25.0 Å². The number of ether oxygens (including phenoxy) is 1. The topological polar surface area (TPSA) is 69.3 Å². The number of nitrogens with zero attached hydrogens (tertiary/aromatic N) is 1. The van der Waals surface area contributed by atoms with Gasteiger partial charge in [-0.2, -0.15) is 0 Å². The van der Waals surface area contributed by atoms with Crippen molar-refractivity contribution in [1.29, 1.82) is 0 Å². The first kappa shape index (κ1) is 13.7. The summed E-state index contributed by atoms with van der Waals surface area (Å²) in [6.45, 7) is 3.57. The van der Waals surface area contributed by atoms with Gasteiger partial charge in [0.2, 0.25) is 5.91 Å². The molecule has 0 fully saturated rings. The number of nitrogens with one attached hydrogen (secondary N) is 1. The Bertz CT molecular complexity index is 347. The zero-order chi connectivity index (χ0) is 12.7. The lowest BCUT2D eigenvalue weighted by atomic mass is 10.2. The Labute approximate surface area is 102 Å². The molecule has 0 aromatic carbocycles. The average molecular weight is 239 g/mol. The lowest BCUT2D eigenvalue weighted by Crippen LogP contribution is -2.28. The van der Waals surface area contributed by atoms with E-state index in [1.165, 1.54) is 0 Å². The van der Waals surface area contributed by atoms with Gasteiger partial charge in [-0.1, -0.05) is 0 Å². The van der Waals surface area contributed by atoms with Crippen LogP contribution in [0.2, 0.25) is 0 Å². The quantitative estimate of drug-likeness (QED) is 0.687. The molecule has 1 aromatic heterocycles. The van der Waals surface area contributed by atoms with Crippen molar-refractivity contribution >= 4 is 5.91 Å². The van der Waals surface area contributed by atoms with Gasteiger partial charge >= 0.3 is 0 Å². The smallest absolute Gasteiger partial charge is 0.239 e. The van der Waals surface area contributed by atoms with Gasteiger partial charge in [0, 0.05) is 38.7 Å². The molecule has 5 heteroatoms. The molecule has 96 valence electrons. The molecule has 1 atom stereocenters. The van der Waals surface area contributed by atoms with Gasteiger partial charge in [-0.25, -0.2) is 0 Å². The molecule has 1 rings (SSSR count). The van der Waals surface area contributed by atoms with Crippen molar-refractivity contribution in [1.82, 2.24) is 9.88 Å². The molecule has 17 heavy (non-hydrogen) atoms. The molecule has 0 radical (unpaired) electrons. The van der Waals surface area contributed by atoms with Gasteiger partial charge in [0.1, 0.15) is 6.54 Å². The van der Waals surface area contributed by atoms with Crippen LogP contribution in [0.4, 0.5) is 0 Å². The van der Waals surface area contributed by atoms with E-state index in [0.29, 0.717) is 19.7 Å². The first-order valence-electron chi connectivity index (χ1n) is 5.80. The van der Waals surface area contributed by atoms with E-state index in [4.69, 9.17) is 10.5 Å². The van der Waals surface area contributed by atoms with Gasteiger partial charge in [0.25, 0.3) is 0 Å². The summed E-state index contributed by atoms with van der Waals surface area (Å²) in [5.74, 6) is 0.00734. The lowest BCUT2D eigenvalue weighted by molar-refractivity contribution is -0.121. The molecule has 3 N–H and O–H groups in total. The van der Waals surface area contributed by atoms with Crippen molar-refractivity contribution < 1.29 is 9.53 Å². The number of amides is 1. The monoisotopic (exact) mass is 239 g/mol. The molecule has 1 amide bonds. The zero-order valence-corrected chi connectivity index (χ0v) is 10.5. The number of methoxy groups -OCH3 is 1. The highest BCUT2D eigenvalue weighted by atomic mass is 16.5. The molecule has 0 bridgehead atoms. The van der Waals surface area contributed by atoms with Crippen molar-refractivity contribution in [3.8, 4) is 0 Å². The van der Waals surface area contributed by atoms with Crippen LogP contribution >= 0.6 is 0 Å². The van der Waals surface area contributed by atoms with Crippen molar-refractivity contribution in [2.75, 3.05) is 20.3 Å². The first-order valence-corrected chi connectivity index (χ1v) is 5.80. The largest absolute Gasteiger partial charge is 0.385 e. The predicted molar refractivity (Wildman–Crippen MR) is 66.5 cm³/mol. The maximum absolute atomic E-state index is 11.6. The summed E-state index contributed by atoms with van der Waals surface area (Å²) >= 11 is 0. The minimum absolute atomic E-state index is 0.000939. The summed E-state index contributed by atoms with van der Waals surface area (Å²) in [4.78, 5) is 11.6. The van der Waals surface area contributed by atoms with Crippen molar-refractivity contribution in [2.24, 2.45) is 5.73 Å². The highest BCUT2D eigenvalue weighted by Gasteiger charge is 2.05. The van der Waals surface area contributed by atoms with Crippen LogP contribution in [-0.2, 0) is 16.1 Å². The van der Waals surface area contributed by atoms with Gasteiger partial charge in [-0.3, -0.25) is 4.79 Å². The Kier molecular flexibility index (Phi) is 5.72. The zero-order valence-electron chi connectivity index (χ0n) is 10.5. The SMILES string of the molecule is COCCCNC(=O)Cn1ccc(C(C)N)c1. The summed E-state index contributed by atoms with van der Waals surface area (Å²) in [5.41, 5.74) is 6.78. The van der Waals surface area contributed by atoms with Crippen molar-refractivity contribution in [2.45, 2.75) is 25.9 Å². The maximum atomic E-state index is 11.6. The summed E-state index contributed by atoms with van der Waals surface area (Å²) in [5, 5.41) is 2.83. The third kappa shape index (κ3) is 5.01. The second-order valence-electron chi connectivity index (χ2n) is 4.10. The van der Waals surface area contributed by atoms with Crippen LogP contribution in [0.5, 0.6) is 0 Å². The number of hydrogen-bond donors (Lipinski definition) is 2. The second kappa shape index (κ2) is 7.09. The lowest BCUT2D eigenvalue weighted by Gasteiger charge is -2.06. The fraction of sp³-hybridized carbons (Fsp3) is 0.583. The third-order valence-electron chi connectivity index (χ3n) is 2.47. The van der Waals surface area contributed by atoms with E-state index in [0.717, 1.165) is 12.0 Å². The molecule has 0 saturated carbocycles. The van der Waals surface area contributed by atoms with E-state index in [1.807, 2.05) is 30.0 Å². The van der Waals surface area contributed by atoms with Crippen molar-refractivity contribution in [3.05, 3.63) is 24.0 Å². The molecule has 5 nitrogen and oxygen atoms in total. The van der Waals surface area contributed by atoms with Crippen LogP contribution in [0.3, 0.4) is 0 Å². The Hall–Kier alpha value is -1.33. The number of carbonyl (C=O) groups is 1. The van der Waals surface area contributed by atoms with Crippen LogP contribution < -0.4 is 11.1 Å². The fourth-order valence-electron chi connectivity index (χ4n) is 1.49. The van der Waals surface area contributed by atoms with Crippen LogP contribution in [-0.4, -0.2) is 30.7 Å². The molecule has 0 spiro atoms. The molecule has 1 unspecified atom stereocenters. The molecule has 0 aliphatic carbocycles. The average Bonchev–Trinajstić information content (AvgIpc) is 2.73. The van der Waals surface area contributed by atoms with Crippen LogP contribution in [0, 0.1) is 0 Å². The molecule has 0 saturated heterocycles. The van der Waals surface area contributed by atoms with Crippen LogP contribution in [0.15, 0.2) is 18.5 Å². The van der Waals surface area contributed by atoms with Crippen LogP contribution in [0.1, 0.15) is 24.9 Å². The van der Waals surface area contributed by atoms with Gasteiger partial charge < -0.3 is 20.4 Å². The van der Waals surface area contributed by atoms with E-state index < -0.39 is 0 Å². The minimum Gasteiger partial charge on any atom is -0.385 e. The predicted octanol–water partition coefficient (Wildman–Crippen LogP) is 0.660. The highest BCUT2D eigenvalue weighted by Crippen LogP contribution is 2.09. The second-order valence-corrected chi connectivity index (χ2v) is 4.10. The standard InChI is InChI=1S/C12H21N3O2/c1-10(13)11-4-6-15(8-11)9-12(16)14-5-3-7-17-2/h4,6,8,10H,3,5,7,9,13H2,1-2H3,(H,14,16). The number of carbonyl (C=O) groups excluding carboxylic acids is 1. The molecular weight excluding hydrogens is 218 g/mol. The summed E-state index contributed by atoms with van der Waals surface area (Å²) in [7, 11) is 1.65. The minimum atomic E-state index is 0.000939. The number of hydrogen-bond acceptors (Lipinski definition) is 3. The fourth-order valence-corrected chi connectivity index (χ4v) is 1.49. The van der Waals surface area contributed by atoms with Gasteiger partial charge in [0.05, 0.1) is 0 Å². The third-order valence-corrected chi connectivity index (χ3v) is 2.47. The van der Waals surface area contributed by atoms with E-state index >= 15 is 0 Å². The Morgan fingerprint density at radius 2 is 2.41 bits per heavy atom. The Balaban J connectivity index is 2.29. The summed E-state index contributed by atoms with van der Waals surface area (Å²) in [6.07, 6.45) is 4.60. The number of rotatable bonds is 7. The highest BCUT2D eigenvalue weighted by molar-refractivity contribution is 5.75. The van der Waals surface area contributed by atoms with E-state index in [-0.39, 0.29) is 11.9 Å². The Morgan fingerprint density at radius 1 is 1.65 bits per heavy atom. The molecule has 1 heterocycles. The van der Waals surface area contributed by atoms with E-state index in [2.05, 4.69) is 5.32 Å². The van der Waals surface area contributed by atoms with Gasteiger partial charge in [-0.15, -0.1) is 0 Å². The molecular formula is C12H21N3O2. The molecule has 0 aliphatic heterocycles. The summed E-state index contributed by atoms with van der Waals surface area (Å²) < 4.78 is 6.74. The van der Waals surface area contributed by atoms with Crippen molar-refractivity contribution in [3.63, 3.8) is 0 Å². The maximum Gasteiger partial charge on any atom is 0.239 e. The first-order chi connectivity index (χ1) is 8.13. The van der Waals surface area contributed by atoms with Gasteiger partial charge in [0.15, 0.2) is 0 Å². The normalized spacial score (nSPS) is 12.4. The number of aromatic nitrogens is 1. The summed E-state index contributed by atoms with van der Waals surface area (Å²) in [6, 6.07) is 1.93. The van der Waals surface area contributed by atoms with E-state index in [1.54, 1.807) is 7.11 Å². The molecule has 1 aromatic rings. The molecule has 0 aliphatic rings. The van der Waals surface area contributed by atoms with Crippen LogP contribution in [0.25, 0.3) is 0 Å².